The van der Waals surface area contributed by atoms with Gasteiger partial charge in [0.05, 0.1) is 11.7 Å². The highest BCUT2D eigenvalue weighted by Gasteiger charge is 2.36. The van der Waals surface area contributed by atoms with E-state index in [0.717, 1.165) is 64.2 Å². The van der Waals surface area contributed by atoms with Crippen molar-refractivity contribution >= 4 is 29.3 Å². The SMILES string of the molecule is CCC(=O)N[C@@H](C(=O)N1CCC(C)CC1)[C@@H](C)c1ccc(NC(=O)[C@@H](NC(=O)c2ccnn2C2CCCC2)[C@H]2CC[C@H](C)CC2)c(F)c1. The Bertz CT molecular complexity index is 1440. The van der Waals surface area contributed by atoms with Crippen LogP contribution in [0.25, 0.3) is 0 Å². The number of aromatic nitrogens is 2. The van der Waals surface area contributed by atoms with E-state index in [1.165, 1.54) is 12.1 Å². The van der Waals surface area contributed by atoms with Crippen LogP contribution in [0.4, 0.5) is 10.1 Å². The van der Waals surface area contributed by atoms with Gasteiger partial charge in [0.25, 0.3) is 5.91 Å². The molecule has 1 saturated heterocycles. The monoisotopic (exact) mass is 664 g/mol. The third-order valence-electron chi connectivity index (χ3n) is 11.0. The van der Waals surface area contributed by atoms with Crippen molar-refractivity contribution in [1.29, 1.82) is 0 Å². The fraction of sp³-hybridized carbons (Fsp3) is 0.649. The molecule has 2 aliphatic carbocycles. The molecule has 48 heavy (non-hydrogen) atoms. The molecule has 2 saturated carbocycles. The minimum absolute atomic E-state index is 0.000798. The molecule has 262 valence electrons. The summed E-state index contributed by atoms with van der Waals surface area (Å²) in [4.78, 5) is 55.3. The molecule has 4 amide bonds. The first-order valence-corrected chi connectivity index (χ1v) is 18.1. The molecule has 0 radical (unpaired) electrons. The molecule has 0 bridgehead atoms. The lowest BCUT2D eigenvalue weighted by molar-refractivity contribution is -0.138. The summed E-state index contributed by atoms with van der Waals surface area (Å²) in [5.41, 5.74) is 0.976. The largest absolute Gasteiger partial charge is 0.344 e. The van der Waals surface area contributed by atoms with Crippen molar-refractivity contribution in [2.24, 2.45) is 17.8 Å². The van der Waals surface area contributed by atoms with Gasteiger partial charge in [-0.15, -0.1) is 0 Å². The summed E-state index contributed by atoms with van der Waals surface area (Å²) in [6, 6.07) is 4.71. The summed E-state index contributed by atoms with van der Waals surface area (Å²) in [7, 11) is 0. The Morgan fingerprint density at radius 2 is 1.58 bits per heavy atom. The Hall–Kier alpha value is -3.76. The van der Waals surface area contributed by atoms with Gasteiger partial charge < -0.3 is 20.9 Å². The first kappa shape index (κ1) is 35.5. The maximum atomic E-state index is 15.7. The average Bonchev–Trinajstić information content (AvgIpc) is 3.80. The Balaban J connectivity index is 1.32. The number of likely N-dealkylation sites (tertiary alicyclic amines) is 1. The van der Waals surface area contributed by atoms with Crippen LogP contribution < -0.4 is 16.0 Å². The first-order chi connectivity index (χ1) is 23.0. The van der Waals surface area contributed by atoms with Gasteiger partial charge in [-0.2, -0.15) is 5.10 Å². The summed E-state index contributed by atoms with van der Waals surface area (Å²) in [6.45, 7) is 9.17. The zero-order chi connectivity index (χ0) is 34.4. The van der Waals surface area contributed by atoms with Gasteiger partial charge in [0.2, 0.25) is 17.7 Å². The molecule has 3 aliphatic rings. The van der Waals surface area contributed by atoms with Crippen LogP contribution >= 0.6 is 0 Å². The van der Waals surface area contributed by atoms with Crippen molar-refractivity contribution in [2.75, 3.05) is 18.4 Å². The van der Waals surface area contributed by atoms with Crippen molar-refractivity contribution in [1.82, 2.24) is 25.3 Å². The predicted molar refractivity (Wildman–Crippen MR) is 183 cm³/mol. The number of amides is 4. The number of halogens is 1. The van der Waals surface area contributed by atoms with Crippen molar-refractivity contribution in [3.05, 3.63) is 47.5 Å². The molecule has 10 nitrogen and oxygen atoms in total. The third kappa shape index (κ3) is 8.44. The molecular formula is C37H53FN6O4. The second-order valence-corrected chi connectivity index (χ2v) is 14.5. The minimum atomic E-state index is -0.839. The second kappa shape index (κ2) is 16.1. The van der Waals surface area contributed by atoms with Gasteiger partial charge in [-0.1, -0.05) is 59.4 Å². The molecule has 0 spiro atoms. The van der Waals surface area contributed by atoms with Crippen LogP contribution in [0.5, 0.6) is 0 Å². The quantitative estimate of drug-likeness (QED) is 0.274. The molecule has 1 aromatic carbocycles. The van der Waals surface area contributed by atoms with Gasteiger partial charge in [0.1, 0.15) is 23.6 Å². The fourth-order valence-electron chi connectivity index (χ4n) is 7.59. The Labute approximate surface area is 284 Å². The van der Waals surface area contributed by atoms with Crippen LogP contribution in [0.3, 0.4) is 0 Å². The molecule has 3 fully saturated rings. The summed E-state index contributed by atoms with van der Waals surface area (Å²) >= 11 is 0. The van der Waals surface area contributed by atoms with Crippen LogP contribution in [0, 0.1) is 23.6 Å². The Kier molecular flexibility index (Phi) is 11.9. The lowest BCUT2D eigenvalue weighted by Crippen LogP contribution is -2.52. The second-order valence-electron chi connectivity index (χ2n) is 14.5. The van der Waals surface area contributed by atoms with Crippen LogP contribution in [-0.2, 0) is 14.4 Å². The molecule has 5 rings (SSSR count). The maximum Gasteiger partial charge on any atom is 0.270 e. The summed E-state index contributed by atoms with van der Waals surface area (Å²) < 4.78 is 17.5. The average molecular weight is 665 g/mol. The molecule has 2 heterocycles. The van der Waals surface area contributed by atoms with E-state index in [-0.39, 0.29) is 41.8 Å². The maximum absolute atomic E-state index is 15.7. The van der Waals surface area contributed by atoms with Crippen molar-refractivity contribution in [3.8, 4) is 0 Å². The van der Waals surface area contributed by atoms with Crippen LogP contribution in [-0.4, -0.2) is 63.5 Å². The van der Waals surface area contributed by atoms with Crippen LogP contribution in [0.15, 0.2) is 30.5 Å². The Morgan fingerprint density at radius 3 is 2.23 bits per heavy atom. The van der Waals surface area contributed by atoms with Gasteiger partial charge in [-0.05, 0) is 80.0 Å². The predicted octanol–water partition coefficient (Wildman–Crippen LogP) is 5.96. The Morgan fingerprint density at radius 1 is 0.917 bits per heavy atom. The van der Waals surface area contributed by atoms with Gasteiger partial charge >= 0.3 is 0 Å². The number of hydrogen-bond donors (Lipinski definition) is 3. The number of rotatable bonds is 11. The molecule has 3 atom stereocenters. The highest BCUT2D eigenvalue weighted by Crippen LogP contribution is 2.33. The van der Waals surface area contributed by atoms with Crippen molar-refractivity contribution < 1.29 is 23.6 Å². The van der Waals surface area contributed by atoms with E-state index in [0.29, 0.717) is 36.2 Å². The molecular weight excluding hydrogens is 611 g/mol. The summed E-state index contributed by atoms with van der Waals surface area (Å²) in [5, 5.41) is 13.1. The number of carbonyl (C=O) groups is 4. The highest BCUT2D eigenvalue weighted by atomic mass is 19.1. The molecule has 11 heteroatoms. The van der Waals surface area contributed by atoms with Gasteiger partial charge in [-0.25, -0.2) is 4.39 Å². The van der Waals surface area contributed by atoms with Gasteiger partial charge in [-0.3, -0.25) is 23.9 Å². The van der Waals surface area contributed by atoms with E-state index in [1.807, 2.05) is 6.92 Å². The topological polar surface area (TPSA) is 125 Å². The molecule has 1 aromatic heterocycles. The zero-order valence-electron chi connectivity index (χ0n) is 29.0. The molecule has 2 aromatic rings. The van der Waals surface area contributed by atoms with E-state index in [9.17, 15) is 19.2 Å². The third-order valence-corrected chi connectivity index (χ3v) is 11.0. The molecule has 3 N–H and O–H groups in total. The van der Waals surface area contributed by atoms with E-state index in [2.05, 4.69) is 34.9 Å². The lowest BCUT2D eigenvalue weighted by atomic mass is 9.79. The smallest absolute Gasteiger partial charge is 0.270 e. The standard InChI is InChI=1S/C37H53FN6O4/c1-5-32(45)41-33(37(48)43-20-17-24(3)18-21-43)25(4)27-14-15-30(29(38)22-27)40-36(47)34(26-12-10-23(2)11-13-26)42-35(46)31-16-19-39-44(31)28-8-6-7-9-28/h14-16,19,22-26,28,33-34H,5-13,17-18,20-21H2,1-4H3,(H,40,47)(H,41,45)(H,42,46)/t23-,25-,26-,33+,34-/m0/s1. The highest BCUT2D eigenvalue weighted by molar-refractivity contribution is 6.00. The van der Waals surface area contributed by atoms with Gasteiger partial charge in [0.15, 0.2) is 0 Å². The molecule has 0 unspecified atom stereocenters. The number of nitrogens with zero attached hydrogens (tertiary/aromatic N) is 3. The van der Waals surface area contributed by atoms with E-state index in [1.54, 1.807) is 34.8 Å². The fourth-order valence-corrected chi connectivity index (χ4v) is 7.59. The normalized spacial score (nSPS) is 22.5. The number of benzene rings is 1. The van der Waals surface area contributed by atoms with E-state index >= 15 is 4.39 Å². The first-order valence-electron chi connectivity index (χ1n) is 18.1. The molecule has 1 aliphatic heterocycles. The van der Waals surface area contributed by atoms with Crippen LogP contribution in [0.2, 0.25) is 0 Å². The number of hydrogen-bond acceptors (Lipinski definition) is 5. The van der Waals surface area contributed by atoms with E-state index in [4.69, 9.17) is 0 Å². The van der Waals surface area contributed by atoms with Gasteiger partial charge in [0, 0.05) is 31.6 Å². The summed E-state index contributed by atoms with van der Waals surface area (Å²) in [5.74, 6) is -1.36. The minimum Gasteiger partial charge on any atom is -0.344 e. The zero-order valence-corrected chi connectivity index (χ0v) is 29.0. The number of anilines is 1. The van der Waals surface area contributed by atoms with Crippen LogP contribution in [0.1, 0.15) is 126 Å². The number of piperidine rings is 1. The number of nitrogens with one attached hydrogen (secondary N) is 3. The van der Waals surface area contributed by atoms with Crippen molar-refractivity contribution in [3.63, 3.8) is 0 Å². The lowest BCUT2D eigenvalue weighted by Gasteiger charge is -2.35. The van der Waals surface area contributed by atoms with Crippen molar-refractivity contribution in [2.45, 2.75) is 122 Å². The van der Waals surface area contributed by atoms with E-state index < -0.39 is 29.7 Å². The number of carbonyl (C=O) groups excluding carboxylic acids is 4. The summed E-state index contributed by atoms with van der Waals surface area (Å²) in [6.07, 6.45) is 11.3.